The maximum absolute atomic E-state index is 4.32. The predicted molar refractivity (Wildman–Crippen MR) is 75.4 cm³/mol. The summed E-state index contributed by atoms with van der Waals surface area (Å²) < 4.78 is 0.899. The first-order valence-electron chi connectivity index (χ1n) is 5.21. The van der Waals surface area contributed by atoms with Gasteiger partial charge in [0.25, 0.3) is 0 Å². The minimum Gasteiger partial charge on any atom is -0.369 e. The molecule has 0 aliphatic rings. The number of halogens is 1. The Hall–Kier alpha value is -0.490. The zero-order valence-electron chi connectivity index (χ0n) is 9.59. The van der Waals surface area contributed by atoms with Crippen molar-refractivity contribution in [3.63, 3.8) is 0 Å². The molecule has 0 radical (unpaired) electrons. The third-order valence-electron chi connectivity index (χ3n) is 2.04. The van der Waals surface area contributed by atoms with Crippen LogP contribution in [-0.4, -0.2) is 35.6 Å². The molecule has 1 aromatic rings. The maximum atomic E-state index is 4.32. The van der Waals surface area contributed by atoms with Gasteiger partial charge in [-0.05, 0) is 40.8 Å². The number of nitrogens with one attached hydrogen (secondary N) is 2. The molecule has 0 bridgehead atoms. The highest BCUT2D eigenvalue weighted by Crippen LogP contribution is 2.19. The van der Waals surface area contributed by atoms with Gasteiger partial charge in [0, 0.05) is 19.8 Å². The van der Waals surface area contributed by atoms with Gasteiger partial charge < -0.3 is 10.6 Å². The molecule has 1 heterocycles. The minimum atomic E-state index is 0.634. The number of aromatic nitrogens is 2. The van der Waals surface area contributed by atoms with Gasteiger partial charge >= 0.3 is 0 Å². The fraction of sp³-hybridized carbons (Fsp3) is 0.600. The normalized spacial score (nSPS) is 10.2. The smallest absolute Gasteiger partial charge is 0.224 e. The van der Waals surface area contributed by atoms with Crippen molar-refractivity contribution in [1.82, 2.24) is 9.97 Å². The summed E-state index contributed by atoms with van der Waals surface area (Å²) in [6.07, 6.45) is 6.28. The summed E-state index contributed by atoms with van der Waals surface area (Å²) in [5.41, 5.74) is 0. The standard InChI is InChI=1S/C10H17BrN4S/c1-12-10-14-7-8(11)9(15-10)13-5-3-4-6-16-2/h7H,3-6H2,1-2H3,(H2,12,13,14,15). The third-order valence-corrected chi connectivity index (χ3v) is 3.31. The van der Waals surface area contributed by atoms with Crippen molar-refractivity contribution in [3.05, 3.63) is 10.7 Å². The van der Waals surface area contributed by atoms with Crippen molar-refractivity contribution >= 4 is 39.5 Å². The van der Waals surface area contributed by atoms with Crippen LogP contribution in [-0.2, 0) is 0 Å². The van der Waals surface area contributed by atoms with E-state index in [0.29, 0.717) is 5.95 Å². The highest BCUT2D eigenvalue weighted by atomic mass is 79.9. The van der Waals surface area contributed by atoms with Gasteiger partial charge in [0.1, 0.15) is 5.82 Å². The molecule has 1 aromatic heterocycles. The second-order valence-corrected chi connectivity index (χ2v) is 5.11. The van der Waals surface area contributed by atoms with E-state index in [9.17, 15) is 0 Å². The molecule has 0 aromatic carbocycles. The monoisotopic (exact) mass is 304 g/mol. The van der Waals surface area contributed by atoms with Crippen molar-refractivity contribution in [2.24, 2.45) is 0 Å². The highest BCUT2D eigenvalue weighted by molar-refractivity contribution is 9.10. The van der Waals surface area contributed by atoms with Crippen LogP contribution < -0.4 is 10.6 Å². The summed E-state index contributed by atoms with van der Waals surface area (Å²) in [4.78, 5) is 8.43. The van der Waals surface area contributed by atoms with Gasteiger partial charge in [-0.2, -0.15) is 16.7 Å². The summed E-state index contributed by atoms with van der Waals surface area (Å²) in [5.74, 6) is 2.70. The summed E-state index contributed by atoms with van der Waals surface area (Å²) in [7, 11) is 1.81. The number of unbranched alkanes of at least 4 members (excludes halogenated alkanes) is 1. The number of anilines is 2. The minimum absolute atomic E-state index is 0.634. The van der Waals surface area contributed by atoms with Crippen molar-refractivity contribution in [2.75, 3.05) is 36.2 Å². The fourth-order valence-corrected chi connectivity index (χ4v) is 2.01. The lowest BCUT2D eigenvalue weighted by Crippen LogP contribution is -2.06. The van der Waals surface area contributed by atoms with Crippen LogP contribution in [0.4, 0.5) is 11.8 Å². The van der Waals surface area contributed by atoms with Crippen LogP contribution in [0.3, 0.4) is 0 Å². The molecule has 16 heavy (non-hydrogen) atoms. The Morgan fingerprint density at radius 2 is 2.25 bits per heavy atom. The van der Waals surface area contributed by atoms with E-state index in [1.807, 2.05) is 18.8 Å². The van der Waals surface area contributed by atoms with E-state index in [1.54, 1.807) is 6.20 Å². The molecule has 0 fully saturated rings. The molecule has 0 spiro atoms. The van der Waals surface area contributed by atoms with Gasteiger partial charge in [0.05, 0.1) is 4.47 Å². The fourth-order valence-electron chi connectivity index (χ4n) is 1.19. The van der Waals surface area contributed by atoms with Crippen molar-refractivity contribution in [2.45, 2.75) is 12.8 Å². The first-order valence-corrected chi connectivity index (χ1v) is 7.39. The van der Waals surface area contributed by atoms with Crippen LogP contribution in [0.25, 0.3) is 0 Å². The summed E-state index contributed by atoms with van der Waals surface area (Å²) in [6.45, 7) is 0.944. The molecule has 0 amide bonds. The molecule has 4 nitrogen and oxygen atoms in total. The molecule has 0 saturated heterocycles. The van der Waals surface area contributed by atoms with Gasteiger partial charge in [0.2, 0.25) is 5.95 Å². The van der Waals surface area contributed by atoms with E-state index in [2.05, 4.69) is 42.8 Å². The Balaban J connectivity index is 2.40. The Morgan fingerprint density at radius 1 is 1.44 bits per heavy atom. The predicted octanol–water partition coefficient (Wildman–Crippen LogP) is 2.84. The molecular weight excluding hydrogens is 288 g/mol. The number of nitrogens with zero attached hydrogens (tertiary/aromatic N) is 2. The topological polar surface area (TPSA) is 49.8 Å². The molecule has 1 rings (SSSR count). The quantitative estimate of drug-likeness (QED) is 0.759. The number of hydrogen-bond acceptors (Lipinski definition) is 5. The molecule has 2 N–H and O–H groups in total. The van der Waals surface area contributed by atoms with Gasteiger partial charge in [0.15, 0.2) is 0 Å². The van der Waals surface area contributed by atoms with E-state index in [1.165, 1.54) is 12.2 Å². The SMILES string of the molecule is CNc1ncc(Br)c(NCCCCSC)n1. The molecule has 0 atom stereocenters. The highest BCUT2D eigenvalue weighted by Gasteiger charge is 2.02. The molecule has 0 unspecified atom stereocenters. The summed E-state index contributed by atoms with van der Waals surface area (Å²) in [5, 5.41) is 6.22. The van der Waals surface area contributed by atoms with E-state index in [4.69, 9.17) is 0 Å². The Labute approximate surface area is 109 Å². The van der Waals surface area contributed by atoms with Crippen molar-refractivity contribution in [3.8, 4) is 0 Å². The van der Waals surface area contributed by atoms with Crippen LogP contribution in [0.5, 0.6) is 0 Å². The van der Waals surface area contributed by atoms with Crippen LogP contribution in [0.1, 0.15) is 12.8 Å². The summed E-state index contributed by atoms with van der Waals surface area (Å²) >= 11 is 5.31. The van der Waals surface area contributed by atoms with E-state index in [0.717, 1.165) is 23.3 Å². The second-order valence-electron chi connectivity index (χ2n) is 3.27. The summed E-state index contributed by atoms with van der Waals surface area (Å²) in [6, 6.07) is 0. The Bertz CT molecular complexity index is 322. The molecular formula is C10H17BrN4S. The van der Waals surface area contributed by atoms with Gasteiger partial charge in [-0.1, -0.05) is 0 Å². The van der Waals surface area contributed by atoms with Gasteiger partial charge in [-0.15, -0.1) is 0 Å². The molecule has 0 aliphatic heterocycles. The Morgan fingerprint density at radius 3 is 2.94 bits per heavy atom. The number of rotatable bonds is 7. The lowest BCUT2D eigenvalue weighted by atomic mass is 10.3. The zero-order valence-corrected chi connectivity index (χ0v) is 12.0. The zero-order chi connectivity index (χ0) is 11.8. The first kappa shape index (κ1) is 13.6. The van der Waals surface area contributed by atoms with Crippen LogP contribution in [0.2, 0.25) is 0 Å². The third kappa shape index (κ3) is 4.57. The average molecular weight is 305 g/mol. The van der Waals surface area contributed by atoms with Crippen LogP contribution >= 0.6 is 27.7 Å². The maximum Gasteiger partial charge on any atom is 0.224 e. The number of hydrogen-bond donors (Lipinski definition) is 2. The number of thioether (sulfide) groups is 1. The molecule has 90 valence electrons. The Kier molecular flexibility index (Phi) is 6.56. The van der Waals surface area contributed by atoms with Gasteiger partial charge in [-0.3, -0.25) is 0 Å². The van der Waals surface area contributed by atoms with Crippen LogP contribution in [0.15, 0.2) is 10.7 Å². The van der Waals surface area contributed by atoms with E-state index in [-0.39, 0.29) is 0 Å². The average Bonchev–Trinajstić information content (AvgIpc) is 2.31. The largest absolute Gasteiger partial charge is 0.369 e. The molecule has 6 heteroatoms. The van der Waals surface area contributed by atoms with Crippen LogP contribution in [0, 0.1) is 0 Å². The second kappa shape index (κ2) is 7.73. The molecule has 0 aliphatic carbocycles. The lowest BCUT2D eigenvalue weighted by molar-refractivity contribution is 0.838. The van der Waals surface area contributed by atoms with E-state index >= 15 is 0 Å². The molecule has 0 saturated carbocycles. The van der Waals surface area contributed by atoms with Crippen molar-refractivity contribution < 1.29 is 0 Å². The van der Waals surface area contributed by atoms with Crippen molar-refractivity contribution in [1.29, 1.82) is 0 Å². The van der Waals surface area contributed by atoms with E-state index < -0.39 is 0 Å². The van der Waals surface area contributed by atoms with Gasteiger partial charge in [-0.25, -0.2) is 4.98 Å². The first-order chi connectivity index (χ1) is 7.77. The lowest BCUT2D eigenvalue weighted by Gasteiger charge is -2.08.